The molecule has 0 saturated heterocycles. The van der Waals surface area contributed by atoms with E-state index in [0.29, 0.717) is 0 Å². The Balaban J connectivity index is 1.04. The normalized spacial score (nSPS) is 12.1. The topological polar surface area (TPSA) is 23.0 Å². The maximum atomic E-state index is 6.21. The van der Waals surface area contributed by atoms with Gasteiger partial charge in [-0.05, 0) is 92.5 Å². The minimum Gasteiger partial charge on any atom is -0.456 e. The van der Waals surface area contributed by atoms with Crippen LogP contribution in [0.25, 0.3) is 88.1 Å². The van der Waals surface area contributed by atoms with Crippen LogP contribution in [-0.2, 0) is 0 Å². The summed E-state index contributed by atoms with van der Waals surface area (Å²) >= 11 is 0. The van der Waals surface area contributed by atoms with E-state index in [1.54, 1.807) is 0 Å². The van der Waals surface area contributed by atoms with E-state index in [0.717, 1.165) is 38.9 Å². The van der Waals surface area contributed by atoms with Crippen molar-refractivity contribution in [2.75, 3.05) is 0 Å². The fourth-order valence-corrected chi connectivity index (χ4v) is 15.4. The molecule has 0 fully saturated rings. The van der Waals surface area contributed by atoms with Crippen LogP contribution in [0.5, 0.6) is 0 Å². The molecule has 0 unspecified atom stereocenters. The molecule has 0 bridgehead atoms. The maximum absolute atomic E-state index is 6.21. The van der Waals surface area contributed by atoms with Gasteiger partial charge >= 0.3 is 0 Å². The van der Waals surface area contributed by atoms with Gasteiger partial charge in [-0.3, -0.25) is 0 Å². The zero-order chi connectivity index (χ0) is 42.2. The number of hydrogen-bond acceptors (Lipinski definition) is 1. The third kappa shape index (κ3) is 5.46. The molecular formula is C60H40N2OSi. The summed E-state index contributed by atoms with van der Waals surface area (Å²) in [5.41, 5.74) is 11.1. The number of benzene rings is 10. The van der Waals surface area contributed by atoms with E-state index in [2.05, 4.69) is 240 Å². The summed E-state index contributed by atoms with van der Waals surface area (Å²) in [6, 6.07) is 89.4. The molecule has 3 nitrogen and oxygen atoms in total. The lowest BCUT2D eigenvalue weighted by Gasteiger charge is -2.34. The Bertz CT molecular complexity index is 3800. The highest BCUT2D eigenvalue weighted by Gasteiger charge is 2.41. The summed E-state index contributed by atoms with van der Waals surface area (Å²) in [6.07, 6.45) is 0. The van der Waals surface area contributed by atoms with Crippen molar-refractivity contribution in [1.82, 2.24) is 9.13 Å². The molecule has 0 amide bonds. The van der Waals surface area contributed by atoms with Crippen molar-refractivity contribution >= 4 is 94.4 Å². The van der Waals surface area contributed by atoms with Gasteiger partial charge in [0.1, 0.15) is 11.2 Å². The first kappa shape index (κ1) is 36.5. The third-order valence-corrected chi connectivity index (χ3v) is 18.2. The van der Waals surface area contributed by atoms with Gasteiger partial charge in [0.25, 0.3) is 0 Å². The molecule has 0 aliphatic carbocycles. The Morgan fingerprint density at radius 2 is 0.719 bits per heavy atom. The number of furan rings is 1. The van der Waals surface area contributed by atoms with Gasteiger partial charge in [0, 0.05) is 43.7 Å². The smallest absolute Gasteiger partial charge is 0.179 e. The van der Waals surface area contributed by atoms with Crippen molar-refractivity contribution in [3.05, 3.63) is 243 Å². The molecule has 10 aromatic carbocycles. The summed E-state index contributed by atoms with van der Waals surface area (Å²) in [7, 11) is -2.78. The van der Waals surface area contributed by atoms with Gasteiger partial charge in [-0.25, -0.2) is 0 Å². The fourth-order valence-electron chi connectivity index (χ4n) is 10.7. The number of hydrogen-bond donors (Lipinski definition) is 0. The van der Waals surface area contributed by atoms with E-state index in [9.17, 15) is 0 Å². The van der Waals surface area contributed by atoms with Gasteiger partial charge in [0.15, 0.2) is 8.07 Å². The van der Waals surface area contributed by atoms with E-state index < -0.39 is 8.07 Å². The minimum atomic E-state index is -2.78. The van der Waals surface area contributed by atoms with Crippen molar-refractivity contribution < 1.29 is 4.42 Å². The van der Waals surface area contributed by atoms with Gasteiger partial charge in [0.05, 0.1) is 22.1 Å². The molecule has 0 aliphatic rings. The predicted octanol–water partition coefficient (Wildman–Crippen LogP) is 12.8. The first-order valence-corrected chi connectivity index (χ1v) is 24.0. The third-order valence-electron chi connectivity index (χ3n) is 13.5. The largest absolute Gasteiger partial charge is 0.456 e. The molecule has 0 N–H and O–H groups in total. The van der Waals surface area contributed by atoms with Crippen LogP contribution >= 0.6 is 0 Å². The molecule has 13 aromatic rings. The van der Waals surface area contributed by atoms with Crippen LogP contribution in [0.1, 0.15) is 0 Å². The van der Waals surface area contributed by atoms with Crippen LogP contribution in [0.3, 0.4) is 0 Å². The van der Waals surface area contributed by atoms with Gasteiger partial charge in [-0.1, -0.05) is 182 Å². The number of nitrogens with zero attached hydrogens (tertiary/aromatic N) is 2. The molecule has 0 saturated carbocycles. The van der Waals surface area contributed by atoms with Crippen LogP contribution in [0.15, 0.2) is 247 Å². The summed E-state index contributed by atoms with van der Waals surface area (Å²) in [4.78, 5) is 0. The van der Waals surface area contributed by atoms with E-state index in [-0.39, 0.29) is 0 Å². The Hall–Kier alpha value is -8.18. The van der Waals surface area contributed by atoms with Crippen LogP contribution in [0.4, 0.5) is 0 Å². The lowest BCUT2D eigenvalue weighted by molar-refractivity contribution is 0.669. The highest BCUT2D eigenvalue weighted by Crippen LogP contribution is 2.39. The number of aromatic nitrogens is 2. The van der Waals surface area contributed by atoms with Crippen LogP contribution in [-0.4, -0.2) is 17.2 Å². The first-order chi connectivity index (χ1) is 31.7. The van der Waals surface area contributed by atoms with Crippen LogP contribution in [0, 0.1) is 0 Å². The van der Waals surface area contributed by atoms with Crippen molar-refractivity contribution in [2.45, 2.75) is 0 Å². The Labute approximate surface area is 371 Å². The second-order valence-corrected chi connectivity index (χ2v) is 20.7. The standard InChI is InChI=1S/C60H40N2OSi/c1-4-18-45(19-5-1)64(46-20-6-2-7-21-46,47-22-8-3-9-23-47)48-24-16-17-43(39-48)61-55-28-13-11-26-50(55)52-35-33-44(40-58(52)61)62-56-29-14-10-25-49(56)51-34-31-42(38-57(51)62)41-32-36-60-54(37-41)53-27-12-15-30-59(53)63-60/h1-40H. The molecule has 0 atom stereocenters. The SMILES string of the molecule is c1ccc([Si](c2ccccc2)(c2ccccc2)c2cccc(-n3c4ccccc4c4ccc(-n5c6ccccc6c6ccc(-c7ccc8oc9ccccc9c8c7)cc65)cc43)c2)cc1. The van der Waals surface area contributed by atoms with Gasteiger partial charge in [-0.15, -0.1) is 0 Å². The fraction of sp³-hybridized carbons (Fsp3) is 0. The van der Waals surface area contributed by atoms with E-state index in [1.807, 2.05) is 12.1 Å². The van der Waals surface area contributed by atoms with E-state index in [1.165, 1.54) is 69.9 Å². The maximum Gasteiger partial charge on any atom is 0.179 e. The molecule has 0 spiro atoms. The Morgan fingerprint density at radius 3 is 1.36 bits per heavy atom. The summed E-state index contributed by atoms with van der Waals surface area (Å²) in [6.45, 7) is 0. The van der Waals surface area contributed by atoms with Crippen molar-refractivity contribution in [3.8, 4) is 22.5 Å². The van der Waals surface area contributed by atoms with Gasteiger partial charge in [-0.2, -0.15) is 0 Å². The second kappa shape index (κ2) is 14.5. The Kier molecular flexibility index (Phi) is 8.23. The monoisotopic (exact) mass is 832 g/mol. The van der Waals surface area contributed by atoms with Crippen molar-refractivity contribution in [2.24, 2.45) is 0 Å². The molecule has 4 heteroatoms. The highest BCUT2D eigenvalue weighted by molar-refractivity contribution is 7.19. The summed E-state index contributed by atoms with van der Waals surface area (Å²) < 4.78 is 11.2. The molecular weight excluding hydrogens is 793 g/mol. The lowest BCUT2D eigenvalue weighted by Crippen LogP contribution is -2.74. The average molecular weight is 833 g/mol. The molecule has 300 valence electrons. The first-order valence-electron chi connectivity index (χ1n) is 22.0. The van der Waals surface area contributed by atoms with Gasteiger partial charge < -0.3 is 13.6 Å². The number of fused-ring (bicyclic) bond motifs is 9. The molecule has 3 aromatic heterocycles. The quantitative estimate of drug-likeness (QED) is 0.116. The van der Waals surface area contributed by atoms with Crippen molar-refractivity contribution in [3.63, 3.8) is 0 Å². The van der Waals surface area contributed by atoms with Gasteiger partial charge in [0.2, 0.25) is 0 Å². The predicted molar refractivity (Wildman–Crippen MR) is 271 cm³/mol. The van der Waals surface area contributed by atoms with Crippen LogP contribution in [0.2, 0.25) is 0 Å². The Morgan fingerprint density at radius 1 is 0.266 bits per heavy atom. The molecule has 0 aliphatic heterocycles. The molecule has 3 heterocycles. The minimum absolute atomic E-state index is 0.905. The molecule has 0 radical (unpaired) electrons. The van der Waals surface area contributed by atoms with E-state index >= 15 is 0 Å². The van der Waals surface area contributed by atoms with Crippen molar-refractivity contribution in [1.29, 1.82) is 0 Å². The molecule has 13 rings (SSSR count). The lowest BCUT2D eigenvalue weighted by atomic mass is 10.0. The number of para-hydroxylation sites is 3. The zero-order valence-corrected chi connectivity index (χ0v) is 35.9. The van der Waals surface area contributed by atoms with E-state index in [4.69, 9.17) is 4.42 Å². The average Bonchev–Trinajstić information content (AvgIpc) is 4.02. The highest BCUT2D eigenvalue weighted by atomic mass is 28.3. The zero-order valence-electron chi connectivity index (χ0n) is 34.9. The second-order valence-electron chi connectivity index (χ2n) is 16.8. The summed E-state index contributed by atoms with van der Waals surface area (Å²) in [5.74, 6) is 0. The molecule has 64 heavy (non-hydrogen) atoms. The summed E-state index contributed by atoms with van der Waals surface area (Å²) in [5, 5.41) is 12.6. The number of rotatable bonds is 7. The van der Waals surface area contributed by atoms with Crippen LogP contribution < -0.4 is 20.7 Å².